The molecule has 2 rings (SSSR count). The molecule has 0 radical (unpaired) electrons. The topological polar surface area (TPSA) is 86.5 Å². The molecule has 5 nitrogen and oxygen atoms in total. The zero-order valence-corrected chi connectivity index (χ0v) is 12.8. The van der Waals surface area contributed by atoms with Crippen LogP contribution in [0.2, 0.25) is 10.0 Å². The highest BCUT2D eigenvalue weighted by Gasteiger charge is 2.23. The number of benzene rings is 1. The minimum Gasteiger partial charge on any atom is -0.462 e. The van der Waals surface area contributed by atoms with Gasteiger partial charge >= 0.3 is 5.97 Å². The van der Waals surface area contributed by atoms with Gasteiger partial charge in [-0.2, -0.15) is 0 Å². The van der Waals surface area contributed by atoms with Crippen molar-refractivity contribution in [2.24, 2.45) is 11.1 Å². The summed E-state index contributed by atoms with van der Waals surface area (Å²) in [6.45, 7) is 0.285. The minimum atomic E-state index is -4.03. The Kier molecular flexibility index (Phi) is 4.59. The van der Waals surface area contributed by atoms with Crippen LogP contribution in [0.5, 0.6) is 0 Å². The monoisotopic (exact) mass is 337 g/mol. The lowest BCUT2D eigenvalue weighted by molar-refractivity contribution is 0.0495. The number of carbonyl (C=O) groups excluding carboxylic acids is 1. The normalized spacial score (nSPS) is 15.2. The highest BCUT2D eigenvalue weighted by molar-refractivity contribution is 7.89. The first-order valence-corrected chi connectivity index (χ1v) is 8.28. The van der Waals surface area contributed by atoms with Gasteiger partial charge in [0, 0.05) is 0 Å². The molecule has 0 saturated heterocycles. The van der Waals surface area contributed by atoms with Gasteiger partial charge in [0.1, 0.15) is 4.90 Å². The van der Waals surface area contributed by atoms with E-state index in [0.717, 1.165) is 25.3 Å². The van der Waals surface area contributed by atoms with E-state index in [1.807, 2.05) is 0 Å². The number of nitrogens with two attached hydrogens (primary N) is 1. The fraction of sp³-hybridized carbons (Fsp3) is 0.417. The maximum Gasteiger partial charge on any atom is 0.339 e. The summed E-state index contributed by atoms with van der Waals surface area (Å²) in [4.78, 5) is 11.5. The summed E-state index contributed by atoms with van der Waals surface area (Å²) >= 11 is 11.6. The molecule has 0 bridgehead atoms. The van der Waals surface area contributed by atoms with Gasteiger partial charge in [-0.05, 0) is 24.5 Å². The summed E-state index contributed by atoms with van der Waals surface area (Å²) < 4.78 is 27.8. The van der Waals surface area contributed by atoms with Gasteiger partial charge in [-0.15, -0.1) is 0 Å². The summed E-state index contributed by atoms with van der Waals surface area (Å²) in [5.41, 5.74) is -0.0594. The second-order valence-corrected chi connectivity index (χ2v) is 7.02. The SMILES string of the molecule is NS(=O)(=O)c1cc(C(=O)OCCC2CC2)c(Cl)cc1Cl. The van der Waals surface area contributed by atoms with Crippen LogP contribution in [0, 0.1) is 5.92 Å². The summed E-state index contributed by atoms with van der Waals surface area (Å²) in [6.07, 6.45) is 3.13. The largest absolute Gasteiger partial charge is 0.462 e. The van der Waals surface area contributed by atoms with Crippen molar-refractivity contribution in [3.05, 3.63) is 27.7 Å². The molecule has 0 unspecified atom stereocenters. The number of primary sulfonamides is 1. The van der Waals surface area contributed by atoms with Gasteiger partial charge in [0.15, 0.2) is 0 Å². The molecule has 1 aromatic carbocycles. The Morgan fingerprint density at radius 1 is 1.30 bits per heavy atom. The average molecular weight is 338 g/mol. The van der Waals surface area contributed by atoms with E-state index in [4.69, 9.17) is 33.1 Å². The van der Waals surface area contributed by atoms with Gasteiger partial charge in [0.25, 0.3) is 0 Å². The fourth-order valence-electron chi connectivity index (χ4n) is 1.71. The van der Waals surface area contributed by atoms with Crippen LogP contribution in [-0.2, 0) is 14.8 Å². The van der Waals surface area contributed by atoms with Crippen LogP contribution in [0.1, 0.15) is 29.6 Å². The Bertz CT molecular complexity index is 641. The molecular formula is C12H13Cl2NO4S. The average Bonchev–Trinajstić information content (AvgIpc) is 3.11. The second-order valence-electron chi connectivity index (χ2n) is 4.68. The van der Waals surface area contributed by atoms with Crippen molar-refractivity contribution >= 4 is 39.2 Å². The van der Waals surface area contributed by atoms with Crippen LogP contribution < -0.4 is 5.14 Å². The fourth-order valence-corrected chi connectivity index (χ4v) is 3.10. The highest BCUT2D eigenvalue weighted by atomic mass is 35.5. The summed E-state index contributed by atoms with van der Waals surface area (Å²) in [5.74, 6) is -0.0549. The van der Waals surface area contributed by atoms with Crippen molar-refractivity contribution in [1.82, 2.24) is 0 Å². The Labute approximate surface area is 127 Å². The zero-order valence-electron chi connectivity index (χ0n) is 10.4. The first-order valence-electron chi connectivity index (χ1n) is 5.98. The number of rotatable bonds is 5. The van der Waals surface area contributed by atoms with E-state index < -0.39 is 16.0 Å². The number of hydrogen-bond acceptors (Lipinski definition) is 4. The molecule has 110 valence electrons. The van der Waals surface area contributed by atoms with Gasteiger partial charge in [0.2, 0.25) is 10.0 Å². The third-order valence-electron chi connectivity index (χ3n) is 3.00. The quantitative estimate of drug-likeness (QED) is 0.836. The number of sulfonamides is 1. The van der Waals surface area contributed by atoms with E-state index >= 15 is 0 Å². The molecular weight excluding hydrogens is 325 g/mol. The van der Waals surface area contributed by atoms with Gasteiger partial charge < -0.3 is 4.74 Å². The second kappa shape index (κ2) is 5.89. The highest BCUT2D eigenvalue weighted by Crippen LogP contribution is 2.32. The van der Waals surface area contributed by atoms with Crippen LogP contribution in [0.25, 0.3) is 0 Å². The predicted molar refractivity (Wildman–Crippen MR) is 75.5 cm³/mol. The van der Waals surface area contributed by atoms with Crippen LogP contribution in [-0.4, -0.2) is 21.0 Å². The summed E-state index contributed by atoms with van der Waals surface area (Å²) in [7, 11) is -4.03. The molecule has 2 N–H and O–H groups in total. The molecule has 0 spiro atoms. The molecule has 0 aromatic heterocycles. The van der Waals surface area contributed by atoms with Gasteiger partial charge in [0.05, 0.1) is 22.2 Å². The molecule has 1 fully saturated rings. The molecule has 20 heavy (non-hydrogen) atoms. The Balaban J connectivity index is 2.19. The number of ether oxygens (including phenoxy) is 1. The first-order chi connectivity index (χ1) is 9.29. The van der Waals surface area contributed by atoms with Gasteiger partial charge in [-0.3, -0.25) is 0 Å². The lowest BCUT2D eigenvalue weighted by atomic mass is 10.2. The zero-order chi connectivity index (χ0) is 14.9. The number of esters is 1. The number of carbonyl (C=O) groups is 1. The van der Waals surface area contributed by atoms with Crippen molar-refractivity contribution < 1.29 is 17.9 Å². The molecule has 0 atom stereocenters. The van der Waals surface area contributed by atoms with Crippen LogP contribution in [0.3, 0.4) is 0 Å². The van der Waals surface area contributed by atoms with E-state index in [9.17, 15) is 13.2 Å². The van der Waals surface area contributed by atoms with Crippen molar-refractivity contribution in [3.63, 3.8) is 0 Å². The molecule has 1 aromatic rings. The van der Waals surface area contributed by atoms with E-state index in [2.05, 4.69) is 0 Å². The van der Waals surface area contributed by atoms with Crippen LogP contribution >= 0.6 is 23.2 Å². The molecule has 1 aliphatic rings. The van der Waals surface area contributed by atoms with Crippen molar-refractivity contribution in [1.29, 1.82) is 0 Å². The summed E-state index contributed by atoms with van der Waals surface area (Å²) in [5, 5.41) is 4.91. The molecule has 0 heterocycles. The minimum absolute atomic E-state index is 0.0267. The Morgan fingerprint density at radius 2 is 1.95 bits per heavy atom. The maximum absolute atomic E-state index is 11.9. The van der Waals surface area contributed by atoms with Crippen molar-refractivity contribution in [2.45, 2.75) is 24.2 Å². The lowest BCUT2D eigenvalue weighted by Crippen LogP contribution is -2.15. The van der Waals surface area contributed by atoms with E-state index in [-0.39, 0.29) is 27.1 Å². The van der Waals surface area contributed by atoms with E-state index in [1.165, 1.54) is 6.07 Å². The van der Waals surface area contributed by atoms with Crippen molar-refractivity contribution in [3.8, 4) is 0 Å². The maximum atomic E-state index is 11.9. The van der Waals surface area contributed by atoms with Gasteiger partial charge in [-0.25, -0.2) is 18.4 Å². The Morgan fingerprint density at radius 3 is 2.50 bits per heavy atom. The molecule has 1 saturated carbocycles. The van der Waals surface area contributed by atoms with Gasteiger partial charge in [-0.1, -0.05) is 36.0 Å². The Hall–Kier alpha value is -0.820. The predicted octanol–water partition coefficient (Wildman–Crippen LogP) is 2.60. The molecule has 8 heteroatoms. The van der Waals surface area contributed by atoms with Crippen molar-refractivity contribution in [2.75, 3.05) is 6.61 Å². The standard InChI is InChI=1S/C12H13Cl2NO4S/c13-9-6-10(14)11(20(15,17)18)5-8(9)12(16)19-4-3-7-1-2-7/h5-7H,1-4H2,(H2,15,17,18). The molecule has 1 aliphatic carbocycles. The third-order valence-corrected chi connectivity index (χ3v) is 4.69. The van der Waals surface area contributed by atoms with E-state index in [0.29, 0.717) is 5.92 Å². The first kappa shape index (κ1) is 15.6. The molecule has 0 aliphatic heterocycles. The lowest BCUT2D eigenvalue weighted by Gasteiger charge is -2.09. The smallest absolute Gasteiger partial charge is 0.339 e. The number of halogens is 2. The molecule has 0 amide bonds. The summed E-state index contributed by atoms with van der Waals surface area (Å²) in [6, 6.07) is 2.21. The van der Waals surface area contributed by atoms with Crippen LogP contribution in [0.15, 0.2) is 17.0 Å². The third kappa shape index (κ3) is 3.85. The van der Waals surface area contributed by atoms with Crippen LogP contribution in [0.4, 0.5) is 0 Å². The van der Waals surface area contributed by atoms with E-state index in [1.54, 1.807) is 0 Å². The number of hydrogen-bond donors (Lipinski definition) is 1.